The van der Waals surface area contributed by atoms with Crippen LogP contribution in [0.3, 0.4) is 0 Å². The predicted octanol–water partition coefficient (Wildman–Crippen LogP) is 5.74. The number of piperidine rings is 1. The summed E-state index contributed by atoms with van der Waals surface area (Å²) in [5.74, 6) is 0. The first-order chi connectivity index (χ1) is 17.3. The number of anilines is 1. The van der Waals surface area contributed by atoms with E-state index in [4.69, 9.17) is 23.2 Å². The Morgan fingerprint density at radius 1 is 1.03 bits per heavy atom. The molecule has 0 bridgehead atoms. The third-order valence-corrected chi connectivity index (χ3v) is 8.83. The number of halogens is 2. The number of fused-ring (bicyclic) bond motifs is 1. The maximum Gasteiger partial charge on any atom is 0.246 e. The van der Waals surface area contributed by atoms with Crippen LogP contribution in [0.4, 0.5) is 5.69 Å². The highest BCUT2D eigenvalue weighted by Gasteiger charge is 2.31. The lowest BCUT2D eigenvalue weighted by Gasteiger charge is -2.32. The second-order valence-electron chi connectivity index (χ2n) is 8.56. The Labute approximate surface area is 219 Å². The van der Waals surface area contributed by atoms with Gasteiger partial charge in [-0.15, -0.1) is 0 Å². The summed E-state index contributed by atoms with van der Waals surface area (Å²) in [5.41, 5.74) is 3.45. The summed E-state index contributed by atoms with van der Waals surface area (Å²) in [6.45, 7) is 0.693. The monoisotopic (exact) mass is 537 g/mol. The number of sulfonamides is 1. The molecular formula is C26H21Cl2N5O2S. The Balaban J connectivity index is 1.38. The molecule has 2 aromatic heterocycles. The van der Waals surface area contributed by atoms with E-state index >= 15 is 0 Å². The zero-order valence-corrected chi connectivity index (χ0v) is 21.4. The van der Waals surface area contributed by atoms with Gasteiger partial charge >= 0.3 is 0 Å². The van der Waals surface area contributed by atoms with E-state index in [1.165, 1.54) is 16.4 Å². The Hall–Kier alpha value is -3.22. The molecule has 36 heavy (non-hydrogen) atoms. The van der Waals surface area contributed by atoms with Crippen LogP contribution in [0.25, 0.3) is 21.9 Å². The van der Waals surface area contributed by atoms with E-state index in [1.807, 2.05) is 30.5 Å². The maximum absolute atomic E-state index is 13.1. The highest BCUT2D eigenvalue weighted by atomic mass is 35.5. The Kier molecular flexibility index (Phi) is 6.82. The number of nitrogens with one attached hydrogen (secondary N) is 1. The van der Waals surface area contributed by atoms with Crippen molar-refractivity contribution in [1.82, 2.24) is 14.3 Å². The minimum atomic E-state index is -3.77. The fraction of sp³-hybridized carbons (Fsp3) is 0.192. The summed E-state index contributed by atoms with van der Waals surface area (Å²) >= 11 is 11.9. The molecule has 1 fully saturated rings. The minimum Gasteiger partial charge on any atom is -0.382 e. The van der Waals surface area contributed by atoms with Gasteiger partial charge in [-0.3, -0.25) is 4.98 Å². The molecule has 0 radical (unpaired) electrons. The minimum absolute atomic E-state index is 0.0376. The molecule has 0 saturated carbocycles. The van der Waals surface area contributed by atoms with Crippen LogP contribution in [-0.2, 0) is 10.0 Å². The van der Waals surface area contributed by atoms with Crippen molar-refractivity contribution in [3.8, 4) is 17.2 Å². The maximum atomic E-state index is 13.1. The molecular weight excluding hydrogens is 517 g/mol. The van der Waals surface area contributed by atoms with Crippen LogP contribution in [0, 0.1) is 11.3 Å². The fourth-order valence-electron chi connectivity index (χ4n) is 4.44. The molecule has 0 spiro atoms. The highest BCUT2D eigenvalue weighted by Crippen LogP contribution is 2.33. The van der Waals surface area contributed by atoms with Crippen molar-refractivity contribution in [1.29, 1.82) is 5.26 Å². The van der Waals surface area contributed by atoms with Gasteiger partial charge in [-0.2, -0.15) is 9.57 Å². The molecule has 4 aromatic rings. The van der Waals surface area contributed by atoms with Gasteiger partial charge in [0.05, 0.1) is 11.6 Å². The van der Waals surface area contributed by atoms with Crippen LogP contribution in [0.2, 0.25) is 10.3 Å². The SMILES string of the molecule is N#Cc1cccc(-c2cc(NC3CCN(S(=O)(=O)c4ccc(Cl)nc4Cl)CC3)c3cnccc3c2)c1. The number of pyridine rings is 2. The lowest BCUT2D eigenvalue weighted by atomic mass is 9.98. The van der Waals surface area contributed by atoms with E-state index in [-0.39, 0.29) is 21.2 Å². The molecule has 0 atom stereocenters. The summed E-state index contributed by atoms with van der Waals surface area (Å²) in [4.78, 5) is 8.12. The molecule has 3 heterocycles. The molecule has 0 aliphatic carbocycles. The number of nitrogens with zero attached hydrogens (tertiary/aromatic N) is 4. The van der Waals surface area contributed by atoms with Gasteiger partial charge in [-0.25, -0.2) is 13.4 Å². The van der Waals surface area contributed by atoms with Crippen LogP contribution >= 0.6 is 23.2 Å². The van der Waals surface area contributed by atoms with E-state index in [0.29, 0.717) is 31.5 Å². The summed E-state index contributed by atoms with van der Waals surface area (Å²) in [7, 11) is -3.77. The van der Waals surface area contributed by atoms with Gasteiger partial charge in [0, 0.05) is 42.6 Å². The molecule has 1 saturated heterocycles. The highest BCUT2D eigenvalue weighted by molar-refractivity contribution is 7.89. The van der Waals surface area contributed by atoms with Crippen LogP contribution < -0.4 is 5.32 Å². The average Bonchev–Trinajstić information content (AvgIpc) is 2.89. The van der Waals surface area contributed by atoms with Crippen molar-refractivity contribution in [2.24, 2.45) is 0 Å². The van der Waals surface area contributed by atoms with Crippen molar-refractivity contribution >= 4 is 49.7 Å². The van der Waals surface area contributed by atoms with Crippen LogP contribution in [-0.4, -0.2) is 41.8 Å². The van der Waals surface area contributed by atoms with E-state index in [1.54, 1.807) is 12.3 Å². The first-order valence-corrected chi connectivity index (χ1v) is 13.5. The molecule has 1 N–H and O–H groups in total. The van der Waals surface area contributed by atoms with Crippen molar-refractivity contribution in [3.63, 3.8) is 0 Å². The summed E-state index contributed by atoms with van der Waals surface area (Å²) in [6, 6.07) is 18.7. The first-order valence-electron chi connectivity index (χ1n) is 11.3. The van der Waals surface area contributed by atoms with Gasteiger partial charge < -0.3 is 5.32 Å². The third-order valence-electron chi connectivity index (χ3n) is 6.29. The molecule has 7 nitrogen and oxygen atoms in total. The van der Waals surface area contributed by atoms with Gasteiger partial charge in [-0.05, 0) is 71.8 Å². The zero-order valence-electron chi connectivity index (χ0n) is 19.0. The number of nitriles is 1. The summed E-state index contributed by atoms with van der Waals surface area (Å²) < 4.78 is 27.7. The Morgan fingerprint density at radius 3 is 2.58 bits per heavy atom. The second-order valence-corrected chi connectivity index (χ2v) is 11.2. The lowest BCUT2D eigenvalue weighted by Crippen LogP contribution is -2.42. The fourth-order valence-corrected chi connectivity index (χ4v) is 6.55. The topological polar surface area (TPSA) is 99.0 Å². The zero-order chi connectivity index (χ0) is 25.3. The van der Waals surface area contributed by atoms with E-state index in [2.05, 4.69) is 33.5 Å². The quantitative estimate of drug-likeness (QED) is 0.326. The van der Waals surface area contributed by atoms with Crippen LogP contribution in [0.5, 0.6) is 0 Å². The smallest absolute Gasteiger partial charge is 0.246 e. The number of benzene rings is 2. The molecule has 10 heteroatoms. The number of aromatic nitrogens is 2. The lowest BCUT2D eigenvalue weighted by molar-refractivity contribution is 0.330. The second kappa shape index (κ2) is 10.0. The molecule has 5 rings (SSSR count). The van der Waals surface area contributed by atoms with Gasteiger partial charge in [0.1, 0.15) is 10.0 Å². The predicted molar refractivity (Wildman–Crippen MR) is 142 cm³/mol. The van der Waals surface area contributed by atoms with E-state index in [0.717, 1.165) is 27.6 Å². The average molecular weight is 538 g/mol. The van der Waals surface area contributed by atoms with Gasteiger partial charge in [-0.1, -0.05) is 35.3 Å². The van der Waals surface area contributed by atoms with E-state index < -0.39 is 10.0 Å². The molecule has 182 valence electrons. The molecule has 1 aliphatic heterocycles. The van der Waals surface area contributed by atoms with Crippen molar-refractivity contribution < 1.29 is 8.42 Å². The third kappa shape index (κ3) is 4.88. The van der Waals surface area contributed by atoms with E-state index in [9.17, 15) is 13.7 Å². The normalized spacial score (nSPS) is 15.0. The number of rotatable bonds is 5. The van der Waals surface area contributed by atoms with Crippen molar-refractivity contribution in [2.75, 3.05) is 18.4 Å². The molecule has 2 aromatic carbocycles. The van der Waals surface area contributed by atoms with Gasteiger partial charge in [0.25, 0.3) is 0 Å². The van der Waals surface area contributed by atoms with Crippen molar-refractivity contribution in [3.05, 3.63) is 82.9 Å². The Morgan fingerprint density at radius 2 is 1.83 bits per heavy atom. The number of hydrogen-bond donors (Lipinski definition) is 1. The van der Waals surface area contributed by atoms with Crippen molar-refractivity contribution in [2.45, 2.75) is 23.8 Å². The molecule has 0 unspecified atom stereocenters. The Bertz CT molecular complexity index is 1600. The number of hydrogen-bond acceptors (Lipinski definition) is 6. The first kappa shape index (κ1) is 24.5. The standard InChI is InChI=1S/C26H21Cl2N5O2S/c27-25-5-4-24(26(28)32-25)36(34,35)33-10-7-21(8-11-33)31-23-14-20(13-19-6-9-30-16-22(19)23)18-3-1-2-17(12-18)15-29/h1-6,9,12-14,16,21,31H,7-8,10-11H2. The molecule has 0 amide bonds. The molecule has 1 aliphatic rings. The summed E-state index contributed by atoms with van der Waals surface area (Å²) in [6.07, 6.45) is 4.81. The summed E-state index contributed by atoms with van der Waals surface area (Å²) in [5, 5.41) is 14.9. The largest absolute Gasteiger partial charge is 0.382 e. The van der Waals surface area contributed by atoms with Gasteiger partial charge in [0.15, 0.2) is 5.15 Å². The van der Waals surface area contributed by atoms with Crippen LogP contribution in [0.1, 0.15) is 18.4 Å². The van der Waals surface area contributed by atoms with Crippen LogP contribution in [0.15, 0.2) is 71.9 Å². The van der Waals surface area contributed by atoms with Gasteiger partial charge in [0.2, 0.25) is 10.0 Å².